The molecule has 1 saturated heterocycles. The summed E-state index contributed by atoms with van der Waals surface area (Å²) in [5.41, 5.74) is 3.01. The second kappa shape index (κ2) is 7.79. The minimum Gasteiger partial charge on any atom is -0.507 e. The van der Waals surface area contributed by atoms with E-state index < -0.39 is 0 Å². The third-order valence-electron chi connectivity index (χ3n) is 5.64. The van der Waals surface area contributed by atoms with Gasteiger partial charge in [-0.1, -0.05) is 5.21 Å². The second-order valence-corrected chi connectivity index (χ2v) is 9.45. The maximum Gasteiger partial charge on any atom is 0.201 e. The molecule has 0 unspecified atom stereocenters. The van der Waals surface area contributed by atoms with E-state index in [2.05, 4.69) is 63.7 Å². The molecule has 4 heterocycles. The van der Waals surface area contributed by atoms with Crippen LogP contribution in [-0.4, -0.2) is 56.4 Å². The van der Waals surface area contributed by atoms with Crippen LogP contribution in [0.1, 0.15) is 46.6 Å². The number of benzene rings is 1. The average Bonchev–Trinajstić information content (AvgIpc) is 3.35. The van der Waals surface area contributed by atoms with Crippen LogP contribution in [0.5, 0.6) is 5.75 Å². The maximum absolute atomic E-state index is 10.6. The number of phenols is 1. The van der Waals surface area contributed by atoms with Crippen molar-refractivity contribution in [3.05, 3.63) is 36.7 Å². The fourth-order valence-corrected chi connectivity index (χ4v) is 4.78. The molecule has 168 valence electrons. The van der Waals surface area contributed by atoms with Crippen molar-refractivity contribution < 1.29 is 5.11 Å². The Morgan fingerprint density at radius 1 is 0.969 bits per heavy atom. The van der Waals surface area contributed by atoms with Gasteiger partial charge < -0.3 is 10.4 Å². The van der Waals surface area contributed by atoms with Crippen molar-refractivity contribution in [2.24, 2.45) is 0 Å². The fourth-order valence-electron chi connectivity index (χ4n) is 4.78. The zero-order valence-electron chi connectivity index (χ0n) is 18.4. The van der Waals surface area contributed by atoms with Gasteiger partial charge in [-0.2, -0.15) is 15.0 Å². The summed E-state index contributed by atoms with van der Waals surface area (Å²) in [5.74, 6) is 0.0673. The summed E-state index contributed by atoms with van der Waals surface area (Å²) < 4.78 is 1.89. The number of piperidine rings is 1. The number of halogens is 1. The normalized spacial score (nSPS) is 17.9. The monoisotopic (exact) mass is 455 g/mol. The van der Waals surface area contributed by atoms with E-state index in [1.165, 1.54) is 4.80 Å². The quantitative estimate of drug-likeness (QED) is 0.483. The van der Waals surface area contributed by atoms with Gasteiger partial charge in [-0.15, -0.1) is 27.7 Å². The lowest BCUT2D eigenvalue weighted by Crippen LogP contribution is -2.58. The first-order valence-electron chi connectivity index (χ1n) is 10.3. The molecule has 3 aromatic heterocycles. The highest BCUT2D eigenvalue weighted by Gasteiger charge is 2.39. The molecule has 2 N–H and O–H groups in total. The first kappa shape index (κ1) is 22.1. The minimum absolute atomic E-state index is 0. The van der Waals surface area contributed by atoms with Gasteiger partial charge in [0.25, 0.3) is 0 Å². The summed E-state index contributed by atoms with van der Waals surface area (Å²) in [7, 11) is 0. The number of nitrogens with zero attached hydrogens (tertiary/aromatic N) is 8. The number of aromatic nitrogens is 8. The molecule has 0 atom stereocenters. The van der Waals surface area contributed by atoms with E-state index in [4.69, 9.17) is 0 Å². The molecule has 0 saturated carbocycles. The standard InChI is InChI=1S/C21H25N9O.ClH/c1-20(2)11-14(12-21(3,4)27-20)29-19-17(25-28-29)10-16(24-26-19)15-6-5-13(9-18(15)31)30-22-7-8-23-30;/h5-10,14,27,31H,11-12H2,1-4H3;1H. The molecule has 0 amide bonds. The molecular weight excluding hydrogens is 430 g/mol. The first-order chi connectivity index (χ1) is 14.7. The summed E-state index contributed by atoms with van der Waals surface area (Å²) in [5, 5.41) is 40.0. The molecule has 32 heavy (non-hydrogen) atoms. The van der Waals surface area contributed by atoms with E-state index in [-0.39, 0.29) is 35.3 Å². The van der Waals surface area contributed by atoms with E-state index >= 15 is 0 Å². The van der Waals surface area contributed by atoms with Crippen LogP contribution >= 0.6 is 12.4 Å². The van der Waals surface area contributed by atoms with Crippen LogP contribution in [0, 0.1) is 0 Å². The third-order valence-corrected chi connectivity index (χ3v) is 5.64. The molecule has 1 fully saturated rings. The van der Waals surface area contributed by atoms with Gasteiger partial charge in [-0.25, -0.2) is 4.68 Å². The molecule has 0 radical (unpaired) electrons. The van der Waals surface area contributed by atoms with Gasteiger partial charge in [-0.05, 0) is 58.7 Å². The van der Waals surface area contributed by atoms with Crippen molar-refractivity contribution >= 4 is 23.6 Å². The van der Waals surface area contributed by atoms with Gasteiger partial charge in [0, 0.05) is 22.7 Å². The topological polar surface area (TPSA) is 119 Å². The van der Waals surface area contributed by atoms with Gasteiger partial charge in [0.05, 0.1) is 29.8 Å². The van der Waals surface area contributed by atoms with Gasteiger partial charge in [-0.3, -0.25) is 0 Å². The Morgan fingerprint density at radius 3 is 2.31 bits per heavy atom. The highest BCUT2D eigenvalue weighted by Crippen LogP contribution is 2.37. The Labute approximate surface area is 191 Å². The van der Waals surface area contributed by atoms with E-state index in [1.807, 2.05) is 16.8 Å². The number of nitrogens with one attached hydrogen (secondary N) is 1. The zero-order chi connectivity index (χ0) is 21.8. The highest BCUT2D eigenvalue weighted by atomic mass is 35.5. The predicted molar refractivity (Wildman–Crippen MR) is 122 cm³/mol. The Hall–Kier alpha value is -3.11. The van der Waals surface area contributed by atoms with Crippen LogP contribution in [0.3, 0.4) is 0 Å². The summed E-state index contributed by atoms with van der Waals surface area (Å²) >= 11 is 0. The number of fused-ring (bicyclic) bond motifs is 1. The van der Waals surface area contributed by atoms with Crippen molar-refractivity contribution in [3.63, 3.8) is 0 Å². The van der Waals surface area contributed by atoms with E-state index in [0.717, 1.165) is 12.8 Å². The van der Waals surface area contributed by atoms with E-state index in [9.17, 15) is 5.11 Å². The number of phenolic OH excluding ortho intramolecular Hbond substituents is 1. The molecule has 1 aliphatic heterocycles. The summed E-state index contributed by atoms with van der Waals surface area (Å²) in [6, 6.07) is 7.16. The van der Waals surface area contributed by atoms with Crippen LogP contribution in [0.15, 0.2) is 36.7 Å². The maximum atomic E-state index is 10.6. The Balaban J connectivity index is 0.00000245. The molecule has 10 nitrogen and oxygen atoms in total. The van der Waals surface area contributed by atoms with Gasteiger partial charge >= 0.3 is 0 Å². The largest absolute Gasteiger partial charge is 0.507 e. The number of rotatable bonds is 3. The molecule has 4 aromatic rings. The van der Waals surface area contributed by atoms with Crippen LogP contribution in [0.2, 0.25) is 0 Å². The predicted octanol–water partition coefficient (Wildman–Crippen LogP) is 3.08. The van der Waals surface area contributed by atoms with Crippen molar-refractivity contribution in [1.29, 1.82) is 0 Å². The van der Waals surface area contributed by atoms with Crippen molar-refractivity contribution in [2.75, 3.05) is 0 Å². The molecule has 0 bridgehead atoms. The summed E-state index contributed by atoms with van der Waals surface area (Å²) in [6.45, 7) is 8.81. The highest BCUT2D eigenvalue weighted by molar-refractivity contribution is 5.85. The summed E-state index contributed by atoms with van der Waals surface area (Å²) in [4.78, 5) is 1.44. The second-order valence-electron chi connectivity index (χ2n) is 9.45. The molecule has 5 rings (SSSR count). The van der Waals surface area contributed by atoms with Gasteiger partial charge in [0.2, 0.25) is 5.65 Å². The van der Waals surface area contributed by atoms with Crippen molar-refractivity contribution in [3.8, 4) is 22.7 Å². The van der Waals surface area contributed by atoms with Crippen LogP contribution in [-0.2, 0) is 0 Å². The van der Waals surface area contributed by atoms with Crippen molar-refractivity contribution in [2.45, 2.75) is 57.7 Å². The SMILES string of the molecule is CC1(C)CC(n2nnc3cc(-c4ccc(-n5nccn5)cc4O)nnc32)CC(C)(C)N1.Cl. The Kier molecular flexibility index (Phi) is 5.38. The number of hydrogen-bond acceptors (Lipinski definition) is 8. The van der Waals surface area contributed by atoms with Crippen LogP contribution in [0.4, 0.5) is 0 Å². The smallest absolute Gasteiger partial charge is 0.201 e. The first-order valence-corrected chi connectivity index (χ1v) is 10.3. The van der Waals surface area contributed by atoms with E-state index in [1.54, 1.807) is 24.5 Å². The Morgan fingerprint density at radius 2 is 1.66 bits per heavy atom. The molecule has 11 heteroatoms. The lowest BCUT2D eigenvalue weighted by atomic mass is 9.80. The molecule has 1 aromatic carbocycles. The third kappa shape index (κ3) is 4.03. The number of hydrogen-bond donors (Lipinski definition) is 2. The van der Waals surface area contributed by atoms with Crippen LogP contribution < -0.4 is 5.32 Å². The van der Waals surface area contributed by atoms with Crippen LogP contribution in [0.25, 0.3) is 28.1 Å². The average molecular weight is 456 g/mol. The fraction of sp³-hybridized carbons (Fsp3) is 0.429. The lowest BCUT2D eigenvalue weighted by Gasteiger charge is -2.46. The minimum atomic E-state index is -0.0188. The van der Waals surface area contributed by atoms with Gasteiger partial charge in [0.15, 0.2) is 0 Å². The number of aromatic hydroxyl groups is 1. The molecular formula is C21H26ClN9O. The van der Waals surface area contributed by atoms with E-state index in [0.29, 0.717) is 28.1 Å². The van der Waals surface area contributed by atoms with Crippen molar-refractivity contribution in [1.82, 2.24) is 45.5 Å². The Bertz CT molecular complexity index is 1230. The molecule has 0 spiro atoms. The molecule has 0 aliphatic carbocycles. The lowest BCUT2D eigenvalue weighted by molar-refractivity contribution is 0.127. The van der Waals surface area contributed by atoms with Gasteiger partial charge in [0.1, 0.15) is 11.3 Å². The summed E-state index contributed by atoms with van der Waals surface area (Å²) in [6.07, 6.45) is 5.00. The zero-order valence-corrected chi connectivity index (χ0v) is 19.2. The molecule has 1 aliphatic rings.